The zero-order chi connectivity index (χ0) is 20.1. The van der Waals surface area contributed by atoms with Crippen LogP contribution in [0.2, 0.25) is 0 Å². The summed E-state index contributed by atoms with van der Waals surface area (Å²) in [5.41, 5.74) is 2.25. The van der Waals surface area contributed by atoms with Crippen LogP contribution in [0.1, 0.15) is 45.6 Å². The fourth-order valence-corrected chi connectivity index (χ4v) is 4.10. The Morgan fingerprint density at radius 3 is 2.43 bits per heavy atom. The van der Waals surface area contributed by atoms with Crippen molar-refractivity contribution >= 4 is 23.6 Å². The van der Waals surface area contributed by atoms with Crippen LogP contribution >= 0.6 is 11.8 Å². The van der Waals surface area contributed by atoms with Gasteiger partial charge in [0.15, 0.2) is 5.16 Å². The number of thioether (sulfide) groups is 1. The van der Waals surface area contributed by atoms with Crippen molar-refractivity contribution in [1.82, 2.24) is 20.1 Å². The number of nitrogens with one attached hydrogen (secondary N) is 1. The minimum Gasteiger partial charge on any atom is -0.355 e. The second-order valence-corrected chi connectivity index (χ2v) is 9.21. The van der Waals surface area contributed by atoms with E-state index >= 15 is 0 Å². The minimum absolute atomic E-state index is 0.0386. The molecule has 0 radical (unpaired) electrons. The molecule has 3 rings (SSSR count). The third-order valence-electron chi connectivity index (χ3n) is 4.88. The Bertz CT molecular complexity index is 781. The first kappa shape index (κ1) is 20.7. The molecular formula is C21H31N5OS. The quantitative estimate of drug-likeness (QED) is 0.715. The van der Waals surface area contributed by atoms with Gasteiger partial charge in [0.25, 0.3) is 0 Å². The highest BCUT2D eigenvalue weighted by atomic mass is 32.2. The third-order valence-corrected chi connectivity index (χ3v) is 5.93. The summed E-state index contributed by atoms with van der Waals surface area (Å²) in [5.74, 6) is 1.35. The van der Waals surface area contributed by atoms with Crippen molar-refractivity contribution in [2.75, 3.05) is 24.5 Å². The van der Waals surface area contributed by atoms with Crippen LogP contribution in [0, 0.1) is 12.8 Å². The standard InChI is InChI=1S/C21H31N5OS/c1-15(2)14-22-19(27)17(4)28-21-24-23-20(25-12-6-5-7-13-25)26(21)18-10-8-16(3)9-11-18/h8-11,15,17H,5-7,12-14H2,1-4H3,(H,22,27)/t17-/m0/s1. The first-order chi connectivity index (χ1) is 13.5. The average molecular weight is 402 g/mol. The number of nitrogens with zero attached hydrogens (tertiary/aromatic N) is 4. The minimum atomic E-state index is -0.235. The molecule has 0 aliphatic carbocycles. The van der Waals surface area contributed by atoms with Crippen LogP contribution in [-0.4, -0.2) is 45.6 Å². The number of hydrogen-bond acceptors (Lipinski definition) is 5. The first-order valence-corrected chi connectivity index (χ1v) is 11.1. The van der Waals surface area contributed by atoms with Gasteiger partial charge < -0.3 is 10.2 Å². The summed E-state index contributed by atoms with van der Waals surface area (Å²) in [6.07, 6.45) is 3.62. The van der Waals surface area contributed by atoms with Crippen LogP contribution in [0.4, 0.5) is 5.95 Å². The lowest BCUT2D eigenvalue weighted by Gasteiger charge is -2.28. The maximum absolute atomic E-state index is 12.5. The molecule has 0 unspecified atom stereocenters. The Balaban J connectivity index is 1.86. The second-order valence-electron chi connectivity index (χ2n) is 7.90. The number of carbonyl (C=O) groups is 1. The van der Waals surface area contributed by atoms with Gasteiger partial charge in [-0.2, -0.15) is 0 Å². The molecule has 1 saturated heterocycles. The molecule has 1 aromatic carbocycles. The van der Waals surface area contributed by atoms with Gasteiger partial charge in [-0.15, -0.1) is 10.2 Å². The smallest absolute Gasteiger partial charge is 0.233 e. The molecule has 28 heavy (non-hydrogen) atoms. The van der Waals surface area contributed by atoms with E-state index in [0.717, 1.165) is 29.9 Å². The van der Waals surface area contributed by atoms with Gasteiger partial charge in [-0.1, -0.05) is 43.3 Å². The molecule has 0 bridgehead atoms. The number of anilines is 1. The lowest BCUT2D eigenvalue weighted by molar-refractivity contribution is -0.120. The largest absolute Gasteiger partial charge is 0.355 e. The number of aromatic nitrogens is 3. The predicted octanol–water partition coefficient (Wildman–Crippen LogP) is 3.82. The van der Waals surface area contributed by atoms with E-state index in [-0.39, 0.29) is 11.2 Å². The van der Waals surface area contributed by atoms with Crippen LogP contribution in [0.5, 0.6) is 0 Å². The first-order valence-electron chi connectivity index (χ1n) is 10.2. The molecule has 1 aliphatic heterocycles. The molecule has 2 heterocycles. The highest BCUT2D eigenvalue weighted by Crippen LogP contribution is 2.30. The van der Waals surface area contributed by atoms with Gasteiger partial charge in [-0.3, -0.25) is 9.36 Å². The van der Waals surface area contributed by atoms with Crippen LogP contribution in [0.15, 0.2) is 29.4 Å². The Hall–Kier alpha value is -2.02. The number of piperidine rings is 1. The van der Waals surface area contributed by atoms with Crippen molar-refractivity contribution in [3.63, 3.8) is 0 Å². The van der Waals surface area contributed by atoms with E-state index in [0.29, 0.717) is 12.5 Å². The summed E-state index contributed by atoms with van der Waals surface area (Å²) in [6, 6.07) is 8.39. The van der Waals surface area contributed by atoms with Gasteiger partial charge in [-0.25, -0.2) is 0 Å². The Morgan fingerprint density at radius 1 is 1.11 bits per heavy atom. The molecule has 7 heteroatoms. The summed E-state index contributed by atoms with van der Waals surface area (Å²) in [4.78, 5) is 14.8. The van der Waals surface area contributed by atoms with E-state index in [9.17, 15) is 4.79 Å². The van der Waals surface area contributed by atoms with Crippen molar-refractivity contribution in [2.24, 2.45) is 5.92 Å². The van der Waals surface area contributed by atoms with Crippen molar-refractivity contribution in [1.29, 1.82) is 0 Å². The Morgan fingerprint density at radius 2 is 1.79 bits per heavy atom. The van der Waals surface area contributed by atoms with Crippen LogP contribution in [-0.2, 0) is 4.79 Å². The van der Waals surface area contributed by atoms with Gasteiger partial charge >= 0.3 is 0 Å². The fourth-order valence-electron chi connectivity index (χ4n) is 3.22. The normalized spacial score (nSPS) is 15.7. The molecule has 1 fully saturated rings. The monoisotopic (exact) mass is 401 g/mol. The molecular weight excluding hydrogens is 370 g/mol. The van der Waals surface area contributed by atoms with Gasteiger partial charge in [0.05, 0.1) is 10.9 Å². The maximum atomic E-state index is 12.5. The molecule has 0 spiro atoms. The number of carbonyl (C=O) groups excluding carboxylic acids is 1. The zero-order valence-corrected chi connectivity index (χ0v) is 18.1. The highest BCUT2D eigenvalue weighted by Gasteiger charge is 2.24. The van der Waals surface area contributed by atoms with E-state index in [1.54, 1.807) is 0 Å². The number of hydrogen-bond donors (Lipinski definition) is 1. The van der Waals surface area contributed by atoms with E-state index in [1.807, 2.05) is 6.92 Å². The van der Waals surface area contributed by atoms with Crippen LogP contribution in [0.25, 0.3) is 5.69 Å². The van der Waals surface area contributed by atoms with Gasteiger partial charge in [0.2, 0.25) is 11.9 Å². The fraction of sp³-hybridized carbons (Fsp3) is 0.571. The molecule has 2 aromatic rings. The van der Waals surface area contributed by atoms with Crippen molar-refractivity contribution in [2.45, 2.75) is 57.4 Å². The summed E-state index contributed by atoms with van der Waals surface area (Å²) >= 11 is 1.46. The van der Waals surface area contributed by atoms with Crippen molar-refractivity contribution in [3.05, 3.63) is 29.8 Å². The molecule has 1 aliphatic rings. The lowest BCUT2D eigenvalue weighted by Crippen LogP contribution is -2.34. The number of aryl methyl sites for hydroxylation is 1. The summed E-state index contributed by atoms with van der Waals surface area (Å²) < 4.78 is 2.10. The molecule has 1 aromatic heterocycles. The molecule has 1 N–H and O–H groups in total. The topological polar surface area (TPSA) is 63.1 Å². The average Bonchev–Trinajstić information content (AvgIpc) is 3.10. The zero-order valence-electron chi connectivity index (χ0n) is 17.3. The predicted molar refractivity (Wildman–Crippen MR) is 115 cm³/mol. The SMILES string of the molecule is Cc1ccc(-n2c(S[C@@H](C)C(=O)NCC(C)C)nnc2N2CCCCC2)cc1. The van der Waals surface area contributed by atoms with E-state index < -0.39 is 0 Å². The number of rotatable bonds is 7. The third kappa shape index (κ3) is 5.07. The number of amides is 1. The van der Waals surface area contributed by atoms with Gasteiger partial charge in [-0.05, 0) is 51.2 Å². The highest BCUT2D eigenvalue weighted by molar-refractivity contribution is 8.00. The number of benzene rings is 1. The van der Waals surface area contributed by atoms with Crippen molar-refractivity contribution < 1.29 is 4.79 Å². The second kappa shape index (κ2) is 9.45. The maximum Gasteiger partial charge on any atom is 0.233 e. The van der Waals surface area contributed by atoms with Crippen LogP contribution < -0.4 is 10.2 Å². The molecule has 0 saturated carbocycles. The van der Waals surface area contributed by atoms with Crippen molar-refractivity contribution in [3.8, 4) is 5.69 Å². The summed E-state index contributed by atoms with van der Waals surface area (Å²) in [7, 11) is 0. The summed E-state index contributed by atoms with van der Waals surface area (Å²) in [6.45, 7) is 10.9. The van der Waals surface area contributed by atoms with Gasteiger partial charge in [0.1, 0.15) is 0 Å². The van der Waals surface area contributed by atoms with Gasteiger partial charge in [0, 0.05) is 19.6 Å². The van der Waals surface area contributed by atoms with Crippen LogP contribution in [0.3, 0.4) is 0 Å². The molecule has 1 amide bonds. The lowest BCUT2D eigenvalue weighted by atomic mass is 10.1. The van der Waals surface area contributed by atoms with E-state index in [1.165, 1.54) is 36.6 Å². The van der Waals surface area contributed by atoms with E-state index in [4.69, 9.17) is 0 Å². The summed E-state index contributed by atoms with van der Waals surface area (Å²) in [5, 5.41) is 12.5. The molecule has 1 atom stereocenters. The Labute approximate surface area is 172 Å². The molecule has 6 nitrogen and oxygen atoms in total. The van der Waals surface area contributed by atoms with E-state index in [2.05, 4.69) is 70.0 Å². The Kier molecular flexibility index (Phi) is 6.99. The molecule has 152 valence electrons.